The topological polar surface area (TPSA) is 89.8 Å². The first-order valence-electron chi connectivity index (χ1n) is 9.59. The van der Waals surface area contributed by atoms with Gasteiger partial charge in [-0.2, -0.15) is 9.97 Å². The van der Waals surface area contributed by atoms with Crippen molar-refractivity contribution < 1.29 is 4.74 Å². The maximum atomic E-state index is 5.60. The van der Waals surface area contributed by atoms with Crippen LogP contribution in [0.5, 0.6) is 5.75 Å². The molecule has 31 heavy (non-hydrogen) atoms. The highest BCUT2D eigenvalue weighted by atomic mass is 32.1. The van der Waals surface area contributed by atoms with E-state index in [0.29, 0.717) is 23.2 Å². The van der Waals surface area contributed by atoms with Crippen molar-refractivity contribution in [2.75, 3.05) is 17.7 Å². The number of aromatic nitrogens is 5. The predicted molar refractivity (Wildman–Crippen MR) is 123 cm³/mol. The predicted octanol–water partition coefficient (Wildman–Crippen LogP) is 5.08. The molecule has 0 saturated heterocycles. The van der Waals surface area contributed by atoms with Gasteiger partial charge in [0, 0.05) is 23.6 Å². The Morgan fingerprint density at radius 2 is 1.84 bits per heavy atom. The fraction of sp³-hybridized carbons (Fsp3) is 0.0909. The van der Waals surface area contributed by atoms with Crippen LogP contribution >= 0.6 is 11.3 Å². The van der Waals surface area contributed by atoms with Gasteiger partial charge in [-0.3, -0.25) is 0 Å². The van der Waals surface area contributed by atoms with Crippen molar-refractivity contribution in [1.29, 1.82) is 0 Å². The van der Waals surface area contributed by atoms with E-state index in [0.717, 1.165) is 27.5 Å². The van der Waals surface area contributed by atoms with E-state index in [1.807, 2.05) is 66.2 Å². The van der Waals surface area contributed by atoms with Crippen LogP contribution in [0.4, 0.5) is 23.1 Å². The van der Waals surface area contributed by atoms with Crippen molar-refractivity contribution >= 4 is 44.8 Å². The molecular weight excluding hydrogens is 410 g/mol. The second-order valence-electron chi connectivity index (χ2n) is 6.83. The van der Waals surface area contributed by atoms with Crippen molar-refractivity contribution in [2.45, 2.75) is 6.92 Å². The summed E-state index contributed by atoms with van der Waals surface area (Å²) in [4.78, 5) is 17.9. The number of benzene rings is 2. The molecule has 3 aromatic heterocycles. The average Bonchev–Trinajstić information content (AvgIpc) is 3.43. The van der Waals surface area contributed by atoms with Crippen molar-refractivity contribution in [3.8, 4) is 11.4 Å². The summed E-state index contributed by atoms with van der Waals surface area (Å²) in [6.07, 6.45) is 3.72. The lowest BCUT2D eigenvalue weighted by Crippen LogP contribution is -2.02. The molecule has 3 heterocycles. The van der Waals surface area contributed by atoms with Crippen LogP contribution in [-0.4, -0.2) is 31.6 Å². The molecule has 2 N–H and O–H groups in total. The highest BCUT2D eigenvalue weighted by Crippen LogP contribution is 2.31. The van der Waals surface area contributed by atoms with Gasteiger partial charge in [0.1, 0.15) is 10.4 Å². The van der Waals surface area contributed by atoms with Gasteiger partial charge < -0.3 is 19.9 Å². The average molecular weight is 430 g/mol. The second kappa shape index (κ2) is 8.04. The van der Waals surface area contributed by atoms with Gasteiger partial charge in [0.15, 0.2) is 11.5 Å². The van der Waals surface area contributed by atoms with Crippen molar-refractivity contribution in [2.24, 2.45) is 0 Å². The number of methoxy groups -OCH3 is 1. The molecule has 0 fully saturated rings. The molecule has 0 unspecified atom stereocenters. The molecule has 0 radical (unpaired) electrons. The molecule has 0 aliphatic rings. The zero-order valence-electron chi connectivity index (χ0n) is 16.9. The molecule has 0 amide bonds. The Labute approximate surface area is 182 Å². The zero-order chi connectivity index (χ0) is 21.2. The van der Waals surface area contributed by atoms with Gasteiger partial charge >= 0.3 is 0 Å². The van der Waals surface area contributed by atoms with Crippen LogP contribution in [0.3, 0.4) is 0 Å². The molecule has 154 valence electrons. The summed E-state index contributed by atoms with van der Waals surface area (Å²) in [5.74, 6) is 1.86. The number of rotatable bonds is 6. The van der Waals surface area contributed by atoms with Crippen LogP contribution in [0.2, 0.25) is 0 Å². The van der Waals surface area contributed by atoms with E-state index in [4.69, 9.17) is 4.74 Å². The minimum Gasteiger partial charge on any atom is -0.494 e. The summed E-state index contributed by atoms with van der Waals surface area (Å²) < 4.78 is 8.42. The number of nitrogens with zero attached hydrogens (tertiary/aromatic N) is 5. The van der Waals surface area contributed by atoms with E-state index < -0.39 is 0 Å². The molecule has 5 rings (SSSR count). The van der Waals surface area contributed by atoms with E-state index in [-0.39, 0.29) is 0 Å². The molecule has 0 atom stereocenters. The molecule has 5 aromatic rings. The number of thiazole rings is 1. The largest absolute Gasteiger partial charge is 0.494 e. The third-order valence-electron chi connectivity index (χ3n) is 4.66. The molecule has 0 aliphatic carbocycles. The first-order valence-corrected chi connectivity index (χ1v) is 10.5. The molecule has 0 aliphatic heterocycles. The fourth-order valence-corrected chi connectivity index (χ4v) is 3.88. The first kappa shape index (κ1) is 19.0. The van der Waals surface area contributed by atoms with E-state index >= 15 is 0 Å². The van der Waals surface area contributed by atoms with Crippen LogP contribution < -0.4 is 15.4 Å². The number of aryl methyl sites for hydroxylation is 1. The number of anilines is 4. The number of imidazole rings is 1. The zero-order valence-corrected chi connectivity index (χ0v) is 17.7. The Morgan fingerprint density at radius 3 is 2.61 bits per heavy atom. The van der Waals surface area contributed by atoms with Crippen molar-refractivity contribution in [1.82, 2.24) is 24.5 Å². The maximum absolute atomic E-state index is 5.60. The normalized spacial score (nSPS) is 10.9. The smallest absolute Gasteiger partial charge is 0.231 e. The van der Waals surface area contributed by atoms with Crippen LogP contribution in [-0.2, 0) is 0 Å². The minimum atomic E-state index is 0.449. The Hall–Kier alpha value is -3.98. The Kier molecular flexibility index (Phi) is 4.93. The van der Waals surface area contributed by atoms with Crippen LogP contribution in [0.15, 0.2) is 66.6 Å². The molecule has 0 saturated carbocycles. The van der Waals surface area contributed by atoms with Gasteiger partial charge in [0.05, 0.1) is 30.3 Å². The Morgan fingerprint density at radius 1 is 0.968 bits per heavy atom. The van der Waals surface area contributed by atoms with E-state index in [1.165, 1.54) is 11.3 Å². The SMILES string of the molecule is COc1cc(Nc2nc(Nc3ccccc3)c3scnc3n2)ccc1-n1cnc(C)c1. The first-order chi connectivity index (χ1) is 15.2. The monoisotopic (exact) mass is 429 g/mol. The lowest BCUT2D eigenvalue weighted by Gasteiger charge is -2.13. The Bertz CT molecular complexity index is 1350. The van der Waals surface area contributed by atoms with Gasteiger partial charge in [-0.05, 0) is 31.2 Å². The number of para-hydroxylation sites is 1. The van der Waals surface area contributed by atoms with Crippen molar-refractivity contribution in [3.05, 3.63) is 72.3 Å². The summed E-state index contributed by atoms with van der Waals surface area (Å²) in [6.45, 7) is 1.95. The number of hydrogen-bond acceptors (Lipinski definition) is 8. The van der Waals surface area contributed by atoms with Gasteiger partial charge in [-0.25, -0.2) is 9.97 Å². The number of ether oxygens (including phenoxy) is 1. The van der Waals surface area contributed by atoms with Crippen LogP contribution in [0.1, 0.15) is 5.69 Å². The standard InChI is InChI=1S/C22H19N7OS/c1-14-11-29(12-23-14)17-9-8-16(10-18(17)30-2)26-22-27-20-19(31-13-24-20)21(28-22)25-15-6-4-3-5-7-15/h3-13H,1-2H3,(H2,25,26,27,28). The third kappa shape index (κ3) is 3.90. The summed E-state index contributed by atoms with van der Waals surface area (Å²) in [5.41, 5.74) is 5.99. The summed E-state index contributed by atoms with van der Waals surface area (Å²) in [6, 6.07) is 15.7. The van der Waals surface area contributed by atoms with Crippen LogP contribution in [0.25, 0.3) is 16.0 Å². The lowest BCUT2D eigenvalue weighted by atomic mass is 10.2. The third-order valence-corrected chi connectivity index (χ3v) is 5.48. The van der Waals surface area contributed by atoms with Gasteiger partial charge in [-0.1, -0.05) is 18.2 Å². The van der Waals surface area contributed by atoms with Gasteiger partial charge in [-0.15, -0.1) is 11.3 Å². The minimum absolute atomic E-state index is 0.449. The second-order valence-corrected chi connectivity index (χ2v) is 7.68. The fourth-order valence-electron chi connectivity index (χ4n) is 3.21. The van der Waals surface area contributed by atoms with Gasteiger partial charge in [0.25, 0.3) is 0 Å². The number of hydrogen-bond donors (Lipinski definition) is 2. The van der Waals surface area contributed by atoms with E-state index in [2.05, 4.69) is 30.6 Å². The summed E-state index contributed by atoms with van der Waals surface area (Å²) >= 11 is 1.50. The van der Waals surface area contributed by atoms with Crippen molar-refractivity contribution in [3.63, 3.8) is 0 Å². The molecule has 8 nitrogen and oxygen atoms in total. The Balaban J connectivity index is 1.47. The maximum Gasteiger partial charge on any atom is 0.231 e. The number of fused-ring (bicyclic) bond motifs is 1. The molecule has 0 bridgehead atoms. The molecule has 9 heteroatoms. The van der Waals surface area contributed by atoms with E-state index in [1.54, 1.807) is 18.9 Å². The van der Waals surface area contributed by atoms with E-state index in [9.17, 15) is 0 Å². The lowest BCUT2D eigenvalue weighted by molar-refractivity contribution is 0.413. The summed E-state index contributed by atoms with van der Waals surface area (Å²) in [7, 11) is 1.64. The van der Waals surface area contributed by atoms with Gasteiger partial charge in [0.2, 0.25) is 5.95 Å². The molecule has 0 spiro atoms. The molecule has 2 aromatic carbocycles. The summed E-state index contributed by atoms with van der Waals surface area (Å²) in [5, 5.41) is 6.63. The highest BCUT2D eigenvalue weighted by molar-refractivity contribution is 7.17. The van der Waals surface area contributed by atoms with Crippen LogP contribution in [0, 0.1) is 6.92 Å². The molecular formula is C22H19N7OS. The highest BCUT2D eigenvalue weighted by Gasteiger charge is 2.13. The quantitative estimate of drug-likeness (QED) is 0.389. The number of nitrogens with one attached hydrogen (secondary N) is 2.